The second-order valence-corrected chi connectivity index (χ2v) is 17.1. The maximum absolute atomic E-state index is 2.78. The highest BCUT2D eigenvalue weighted by Crippen LogP contribution is 2.35. The van der Waals surface area contributed by atoms with Gasteiger partial charge in [-0.25, -0.2) is 0 Å². The van der Waals surface area contributed by atoms with Crippen LogP contribution in [0.4, 0.5) is 5.69 Å². The fourth-order valence-electron chi connectivity index (χ4n) is 4.74. The molecule has 0 aliphatic carbocycles. The third-order valence-corrected chi connectivity index (χ3v) is 10.2. The molecule has 0 amide bonds. The standard InChI is InChI=1S/C28H38NPSi/c1-22(2)28(23(3)4)29(31(5,6)7)24-18-20-27(21-19-24)30(25-14-10-8-11-15-25)26-16-12-9-13-17-26/h8-23,28H,1-7H3. The van der Waals surface area contributed by atoms with Gasteiger partial charge in [-0.3, -0.25) is 0 Å². The van der Waals surface area contributed by atoms with Crippen LogP contribution in [-0.4, -0.2) is 14.3 Å². The van der Waals surface area contributed by atoms with Gasteiger partial charge in [0.2, 0.25) is 0 Å². The molecule has 0 N–H and O–H groups in total. The summed E-state index contributed by atoms with van der Waals surface area (Å²) >= 11 is 0. The molecular formula is C28H38NPSi. The number of nitrogens with zero attached hydrogens (tertiary/aromatic N) is 1. The van der Waals surface area contributed by atoms with E-state index in [1.54, 1.807) is 0 Å². The lowest BCUT2D eigenvalue weighted by molar-refractivity contribution is 0.386. The summed E-state index contributed by atoms with van der Waals surface area (Å²) in [7, 11) is -2.10. The number of anilines is 1. The van der Waals surface area contributed by atoms with E-state index in [1.807, 2.05) is 0 Å². The van der Waals surface area contributed by atoms with Crippen LogP contribution in [-0.2, 0) is 0 Å². The van der Waals surface area contributed by atoms with E-state index in [2.05, 4.69) is 137 Å². The average molecular weight is 448 g/mol. The van der Waals surface area contributed by atoms with Gasteiger partial charge < -0.3 is 4.57 Å². The molecule has 0 saturated heterocycles. The topological polar surface area (TPSA) is 3.24 Å². The van der Waals surface area contributed by atoms with E-state index < -0.39 is 16.2 Å². The van der Waals surface area contributed by atoms with Crippen LogP contribution in [0.1, 0.15) is 27.7 Å². The van der Waals surface area contributed by atoms with Crippen molar-refractivity contribution in [1.82, 2.24) is 0 Å². The number of hydrogen-bond donors (Lipinski definition) is 0. The molecule has 0 atom stereocenters. The first-order valence-electron chi connectivity index (χ1n) is 11.5. The molecule has 0 unspecified atom stereocenters. The smallest absolute Gasteiger partial charge is 0.147 e. The quantitative estimate of drug-likeness (QED) is 0.272. The predicted molar refractivity (Wildman–Crippen MR) is 144 cm³/mol. The minimum absolute atomic E-state index is 0.553. The third-order valence-electron chi connectivity index (χ3n) is 5.80. The van der Waals surface area contributed by atoms with Crippen molar-refractivity contribution in [3.8, 4) is 0 Å². The van der Waals surface area contributed by atoms with Crippen molar-refractivity contribution < 1.29 is 0 Å². The Labute approximate surface area is 192 Å². The maximum atomic E-state index is 2.78. The molecule has 0 spiro atoms. The minimum Gasteiger partial charge on any atom is -0.395 e. The van der Waals surface area contributed by atoms with Gasteiger partial charge in [-0.1, -0.05) is 120 Å². The third kappa shape index (κ3) is 5.67. The lowest BCUT2D eigenvalue weighted by Crippen LogP contribution is -2.56. The Morgan fingerprint density at radius 1 is 0.581 bits per heavy atom. The molecule has 3 rings (SSSR count). The molecule has 0 saturated carbocycles. The minimum atomic E-state index is -1.55. The predicted octanol–water partition coefficient (Wildman–Crippen LogP) is 6.77. The Bertz CT molecular complexity index is 883. The zero-order valence-corrected chi connectivity index (χ0v) is 22.1. The van der Waals surface area contributed by atoms with E-state index in [9.17, 15) is 0 Å². The molecule has 0 radical (unpaired) electrons. The highest BCUT2D eigenvalue weighted by atomic mass is 31.1. The van der Waals surface area contributed by atoms with Crippen molar-refractivity contribution in [2.75, 3.05) is 4.57 Å². The molecule has 3 aromatic carbocycles. The van der Waals surface area contributed by atoms with Crippen LogP contribution in [0.2, 0.25) is 19.6 Å². The molecule has 31 heavy (non-hydrogen) atoms. The molecule has 0 aliphatic heterocycles. The average Bonchev–Trinajstić information content (AvgIpc) is 2.73. The van der Waals surface area contributed by atoms with Crippen molar-refractivity contribution in [1.29, 1.82) is 0 Å². The lowest BCUT2D eigenvalue weighted by atomic mass is 9.93. The highest BCUT2D eigenvalue weighted by molar-refractivity contribution is 7.79. The maximum Gasteiger partial charge on any atom is 0.147 e. The first kappa shape index (κ1) is 23.8. The summed E-state index contributed by atoms with van der Waals surface area (Å²) in [6.45, 7) is 16.9. The molecule has 0 heterocycles. The molecular weight excluding hydrogens is 409 g/mol. The van der Waals surface area contributed by atoms with Gasteiger partial charge in [-0.05, 0) is 47.8 Å². The van der Waals surface area contributed by atoms with Crippen molar-refractivity contribution in [3.63, 3.8) is 0 Å². The van der Waals surface area contributed by atoms with Crippen molar-refractivity contribution in [3.05, 3.63) is 84.9 Å². The second kappa shape index (κ2) is 10.2. The first-order chi connectivity index (χ1) is 14.7. The second-order valence-electron chi connectivity index (χ2n) is 10.0. The summed E-state index contributed by atoms with van der Waals surface area (Å²) in [5.74, 6) is 1.24. The van der Waals surface area contributed by atoms with Crippen LogP contribution < -0.4 is 20.5 Å². The molecule has 0 aliphatic rings. The summed E-state index contributed by atoms with van der Waals surface area (Å²) in [6.07, 6.45) is 0. The van der Waals surface area contributed by atoms with Crippen LogP contribution in [0.3, 0.4) is 0 Å². The van der Waals surface area contributed by atoms with Gasteiger partial charge in [0.25, 0.3) is 0 Å². The normalized spacial score (nSPS) is 12.2. The van der Waals surface area contributed by atoms with E-state index in [4.69, 9.17) is 0 Å². The van der Waals surface area contributed by atoms with E-state index in [0.29, 0.717) is 17.9 Å². The van der Waals surface area contributed by atoms with Crippen LogP contribution in [0.15, 0.2) is 84.9 Å². The summed E-state index contributed by atoms with van der Waals surface area (Å²) in [5, 5.41) is 4.22. The summed E-state index contributed by atoms with van der Waals surface area (Å²) < 4.78 is 2.78. The van der Waals surface area contributed by atoms with Gasteiger partial charge in [0.05, 0.1) is 0 Å². The zero-order valence-electron chi connectivity index (χ0n) is 20.2. The van der Waals surface area contributed by atoms with Crippen molar-refractivity contribution in [2.24, 2.45) is 11.8 Å². The number of rotatable bonds is 8. The van der Waals surface area contributed by atoms with E-state index in [-0.39, 0.29) is 0 Å². The Balaban J connectivity index is 2.04. The van der Waals surface area contributed by atoms with Gasteiger partial charge in [-0.15, -0.1) is 0 Å². The van der Waals surface area contributed by atoms with Crippen LogP contribution in [0, 0.1) is 11.8 Å². The van der Waals surface area contributed by atoms with Gasteiger partial charge in [-0.2, -0.15) is 0 Å². The molecule has 3 aromatic rings. The van der Waals surface area contributed by atoms with Gasteiger partial charge in [0.1, 0.15) is 8.24 Å². The Morgan fingerprint density at radius 3 is 1.32 bits per heavy atom. The lowest BCUT2D eigenvalue weighted by Gasteiger charge is -2.47. The number of benzene rings is 3. The molecule has 0 bridgehead atoms. The fraction of sp³-hybridized carbons (Fsp3) is 0.357. The molecule has 0 aromatic heterocycles. The van der Waals surface area contributed by atoms with E-state index in [0.717, 1.165) is 0 Å². The van der Waals surface area contributed by atoms with Crippen LogP contribution >= 0.6 is 7.92 Å². The van der Waals surface area contributed by atoms with Crippen LogP contribution in [0.25, 0.3) is 0 Å². The first-order valence-corrected chi connectivity index (χ1v) is 16.3. The molecule has 164 valence electrons. The molecule has 0 fully saturated rings. The Kier molecular flexibility index (Phi) is 7.78. The summed E-state index contributed by atoms with van der Waals surface area (Å²) in [6, 6.07) is 32.0. The zero-order chi connectivity index (χ0) is 22.6. The SMILES string of the molecule is CC(C)C(C(C)C)N(c1ccc(P(c2ccccc2)c2ccccc2)cc1)[Si](C)(C)C. The van der Waals surface area contributed by atoms with Gasteiger partial charge >= 0.3 is 0 Å². The highest BCUT2D eigenvalue weighted by Gasteiger charge is 2.34. The monoisotopic (exact) mass is 447 g/mol. The van der Waals surface area contributed by atoms with E-state index in [1.165, 1.54) is 21.6 Å². The Hall–Kier alpha value is -1.89. The van der Waals surface area contributed by atoms with Gasteiger partial charge in [0, 0.05) is 11.7 Å². The molecule has 1 nitrogen and oxygen atoms in total. The fourth-order valence-corrected chi connectivity index (χ4v) is 9.43. The Morgan fingerprint density at radius 2 is 0.968 bits per heavy atom. The largest absolute Gasteiger partial charge is 0.395 e. The number of hydrogen-bond acceptors (Lipinski definition) is 1. The van der Waals surface area contributed by atoms with Crippen molar-refractivity contribution in [2.45, 2.75) is 53.4 Å². The molecule has 3 heteroatoms. The van der Waals surface area contributed by atoms with E-state index >= 15 is 0 Å². The summed E-state index contributed by atoms with van der Waals surface area (Å²) in [4.78, 5) is 0. The summed E-state index contributed by atoms with van der Waals surface area (Å²) in [5.41, 5.74) is 1.38. The van der Waals surface area contributed by atoms with Gasteiger partial charge in [0.15, 0.2) is 0 Å². The van der Waals surface area contributed by atoms with Crippen molar-refractivity contribution >= 4 is 37.8 Å². The van der Waals surface area contributed by atoms with Crippen LogP contribution in [0.5, 0.6) is 0 Å².